The van der Waals surface area contributed by atoms with Gasteiger partial charge in [0, 0.05) is 6.07 Å². The number of esters is 2. The molecule has 7 nitrogen and oxygen atoms in total. The fraction of sp³-hybridized carbons (Fsp3) is 0.273. The molecule has 0 aliphatic heterocycles. The summed E-state index contributed by atoms with van der Waals surface area (Å²) < 4.78 is 65.4. The minimum Gasteiger partial charge on any atom is -0.743 e. The second-order valence-corrected chi connectivity index (χ2v) is 7.69. The van der Waals surface area contributed by atoms with Gasteiger partial charge in [-0.1, -0.05) is 34.2 Å². The van der Waals surface area contributed by atoms with Crippen LogP contribution in [0.3, 0.4) is 0 Å². The second-order valence-electron chi connectivity index (χ2n) is 3.99. The smallest absolute Gasteiger partial charge is 0.429 e. The lowest BCUT2D eigenvalue weighted by Gasteiger charge is -2.18. The number of rotatable bonds is 5. The van der Waals surface area contributed by atoms with Gasteiger partial charge in [-0.15, -0.1) is 0 Å². The molecule has 0 spiro atoms. The van der Waals surface area contributed by atoms with E-state index < -0.39 is 42.0 Å². The summed E-state index contributed by atoms with van der Waals surface area (Å²) >= 11 is 7.45. The van der Waals surface area contributed by atoms with Crippen molar-refractivity contribution >= 4 is 56.2 Å². The maximum atomic E-state index is 13.0. The monoisotopic (exact) mass is 483 g/mol. The Bertz CT molecular complexity index is 736. The summed E-state index contributed by atoms with van der Waals surface area (Å²) in [7, 11) is -6.24. The van der Waals surface area contributed by atoms with Crippen LogP contribution in [0.4, 0.5) is 8.78 Å². The van der Waals surface area contributed by atoms with Gasteiger partial charge in [0.05, 0.1) is 5.02 Å². The van der Waals surface area contributed by atoms with E-state index in [-0.39, 0.29) is 5.75 Å². The van der Waals surface area contributed by atoms with Crippen molar-refractivity contribution in [2.24, 2.45) is 0 Å². The quantitative estimate of drug-likeness (QED) is 0.207. The molecule has 0 radical (unpaired) electrons. The molecule has 0 heterocycles. The Morgan fingerprint density at radius 1 is 1.35 bits per heavy atom. The molecule has 0 N–H and O–H groups in total. The number of alkyl halides is 3. The summed E-state index contributed by atoms with van der Waals surface area (Å²) in [6, 6.07) is 2.97. The van der Waals surface area contributed by atoms with E-state index in [1.165, 1.54) is 0 Å². The molecule has 1 rings (SSSR count). The lowest BCUT2D eigenvalue weighted by molar-refractivity contribution is -0.151. The van der Waals surface area contributed by atoms with Gasteiger partial charge in [-0.25, -0.2) is 13.2 Å². The number of carbonyl (C=O) groups is 2. The lowest BCUT2D eigenvalue weighted by atomic mass is 10.3. The number of hydrogen-bond donors (Lipinski definition) is 0. The molecule has 128 valence electrons. The topological polar surface area (TPSA) is 110 Å². The molecule has 0 aliphatic rings. The predicted octanol–water partition coefficient (Wildman–Crippen LogP) is 2.11. The summed E-state index contributed by atoms with van der Waals surface area (Å²) in [6.45, 7) is 1.56. The highest BCUT2D eigenvalue weighted by atomic mass is 127. The molecule has 0 bridgehead atoms. The molecule has 0 aromatic heterocycles. The van der Waals surface area contributed by atoms with Gasteiger partial charge in [-0.05, 0) is 19.1 Å². The van der Waals surface area contributed by atoms with Crippen molar-refractivity contribution in [2.45, 2.75) is 16.1 Å². The van der Waals surface area contributed by atoms with Gasteiger partial charge in [-0.2, -0.15) is 8.78 Å². The molecule has 0 aliphatic carbocycles. The molecule has 0 saturated carbocycles. The van der Waals surface area contributed by atoms with Crippen LogP contribution in [-0.2, 0) is 19.7 Å². The number of benzene rings is 1. The Morgan fingerprint density at radius 2 is 1.91 bits per heavy atom. The van der Waals surface area contributed by atoms with E-state index in [2.05, 4.69) is 4.74 Å². The van der Waals surface area contributed by atoms with E-state index in [1.807, 2.05) is 0 Å². The van der Waals surface area contributed by atoms with Crippen molar-refractivity contribution in [3.8, 4) is 11.5 Å². The summed E-state index contributed by atoms with van der Waals surface area (Å²) in [5.41, 5.74) is 0. The normalized spacial score (nSPS) is 13.3. The average Bonchev–Trinajstić information content (AvgIpc) is 2.40. The maximum Gasteiger partial charge on any atom is 0.429 e. The van der Waals surface area contributed by atoms with Gasteiger partial charge in [0.15, 0.2) is 10.1 Å². The molecule has 0 fully saturated rings. The molecule has 1 aromatic carbocycles. The average molecular weight is 484 g/mol. The minimum atomic E-state index is -6.24. The SMILES string of the molecule is CC(I)C(=O)Oc1ccc(OC(=O)C(F)(F)S(=O)(=O)[O-])c(Cl)c1. The summed E-state index contributed by atoms with van der Waals surface area (Å²) in [6.07, 6.45) is 0. The molecule has 0 amide bonds. The van der Waals surface area contributed by atoms with Crippen LogP contribution in [0.25, 0.3) is 0 Å². The third-order valence-electron chi connectivity index (χ3n) is 2.20. The van der Waals surface area contributed by atoms with Crippen LogP contribution in [0, 0.1) is 0 Å². The first-order valence-corrected chi connectivity index (χ1v) is 8.60. The largest absolute Gasteiger partial charge is 0.743 e. The van der Waals surface area contributed by atoms with Crippen molar-refractivity contribution in [2.75, 3.05) is 0 Å². The molecule has 1 atom stereocenters. The third-order valence-corrected chi connectivity index (χ3v) is 3.80. The van der Waals surface area contributed by atoms with E-state index in [4.69, 9.17) is 16.3 Å². The summed E-state index contributed by atoms with van der Waals surface area (Å²) in [5, 5.41) is -5.68. The first-order valence-electron chi connectivity index (χ1n) is 5.57. The molecule has 23 heavy (non-hydrogen) atoms. The Kier molecular flexibility index (Phi) is 6.29. The number of hydrogen-bond acceptors (Lipinski definition) is 7. The fourth-order valence-electron chi connectivity index (χ4n) is 1.09. The first-order chi connectivity index (χ1) is 10.4. The van der Waals surface area contributed by atoms with E-state index in [9.17, 15) is 31.3 Å². The van der Waals surface area contributed by atoms with Crippen molar-refractivity contribution in [1.82, 2.24) is 0 Å². The molecule has 0 saturated heterocycles. The van der Waals surface area contributed by atoms with Gasteiger partial charge >= 0.3 is 17.2 Å². The van der Waals surface area contributed by atoms with E-state index in [0.29, 0.717) is 0 Å². The van der Waals surface area contributed by atoms with Gasteiger partial charge in [0.25, 0.3) is 0 Å². The Hall–Kier alpha value is -1.05. The Morgan fingerprint density at radius 3 is 2.35 bits per heavy atom. The number of carbonyl (C=O) groups excluding carboxylic acids is 2. The highest BCUT2D eigenvalue weighted by Crippen LogP contribution is 2.31. The predicted molar refractivity (Wildman–Crippen MR) is 80.8 cm³/mol. The number of ether oxygens (including phenoxy) is 2. The highest BCUT2D eigenvalue weighted by Gasteiger charge is 2.49. The van der Waals surface area contributed by atoms with Crippen LogP contribution in [0.1, 0.15) is 6.92 Å². The summed E-state index contributed by atoms with van der Waals surface area (Å²) in [5.74, 6) is -3.88. The van der Waals surface area contributed by atoms with Crippen LogP contribution in [0.2, 0.25) is 5.02 Å². The van der Waals surface area contributed by atoms with E-state index in [0.717, 1.165) is 18.2 Å². The van der Waals surface area contributed by atoms with Gasteiger partial charge < -0.3 is 14.0 Å². The van der Waals surface area contributed by atoms with Crippen LogP contribution in [0.15, 0.2) is 18.2 Å². The van der Waals surface area contributed by atoms with Crippen molar-refractivity contribution in [1.29, 1.82) is 0 Å². The lowest BCUT2D eigenvalue weighted by Crippen LogP contribution is -2.40. The summed E-state index contributed by atoms with van der Waals surface area (Å²) in [4.78, 5) is 22.5. The minimum absolute atomic E-state index is 0.0495. The molecule has 1 aromatic rings. The highest BCUT2D eigenvalue weighted by molar-refractivity contribution is 14.1. The van der Waals surface area contributed by atoms with E-state index >= 15 is 0 Å². The zero-order valence-electron chi connectivity index (χ0n) is 11.1. The van der Waals surface area contributed by atoms with Crippen molar-refractivity contribution in [3.05, 3.63) is 23.2 Å². The van der Waals surface area contributed by atoms with Crippen LogP contribution < -0.4 is 9.47 Å². The Labute approximate surface area is 147 Å². The third kappa shape index (κ3) is 4.96. The van der Waals surface area contributed by atoms with Crippen molar-refractivity contribution < 1.29 is 40.8 Å². The zero-order chi connectivity index (χ0) is 18.0. The standard InChI is InChI=1S/C11H8ClF2IO7S/c1-5(15)9(16)21-6-2-3-8(7(12)4-6)22-10(17)11(13,14)23(18,19)20/h2-5H,1H3,(H,18,19,20)/p-1. The van der Waals surface area contributed by atoms with Crippen LogP contribution in [-0.4, -0.2) is 34.1 Å². The molecule has 1 unspecified atom stereocenters. The Balaban J connectivity index is 2.96. The van der Waals surface area contributed by atoms with Gasteiger partial charge in [0.2, 0.25) is 0 Å². The van der Waals surface area contributed by atoms with Crippen LogP contribution >= 0.6 is 34.2 Å². The zero-order valence-corrected chi connectivity index (χ0v) is 14.8. The van der Waals surface area contributed by atoms with E-state index in [1.54, 1.807) is 29.5 Å². The molecule has 12 heteroatoms. The fourth-order valence-corrected chi connectivity index (χ4v) is 1.67. The molecular weight excluding hydrogens is 477 g/mol. The maximum absolute atomic E-state index is 13.0. The second kappa shape index (κ2) is 7.23. The first kappa shape index (κ1) is 20.0. The van der Waals surface area contributed by atoms with Gasteiger partial charge in [0.1, 0.15) is 15.4 Å². The van der Waals surface area contributed by atoms with Gasteiger partial charge in [-0.3, -0.25) is 4.79 Å². The van der Waals surface area contributed by atoms with Crippen LogP contribution in [0.5, 0.6) is 11.5 Å². The molecular formula is C11H7ClF2IO7S-. The van der Waals surface area contributed by atoms with Crippen molar-refractivity contribution in [3.63, 3.8) is 0 Å². The number of halogens is 4.